The van der Waals surface area contributed by atoms with E-state index in [0.717, 1.165) is 36.0 Å². The topological polar surface area (TPSA) is 111 Å². The lowest BCUT2D eigenvalue weighted by Crippen LogP contribution is -2.36. The van der Waals surface area contributed by atoms with Gasteiger partial charge in [-0.1, -0.05) is 35.8 Å². The fraction of sp³-hybridized carbons (Fsp3) is 0.316. The fourth-order valence-corrected chi connectivity index (χ4v) is 3.34. The van der Waals surface area contributed by atoms with Crippen LogP contribution < -0.4 is 5.73 Å². The minimum atomic E-state index is -0.301. The number of benzene rings is 1. The van der Waals surface area contributed by atoms with Crippen LogP contribution in [-0.2, 0) is 5.41 Å². The second-order valence-corrected chi connectivity index (χ2v) is 6.97. The van der Waals surface area contributed by atoms with Crippen LogP contribution in [0.15, 0.2) is 41.2 Å². The normalized spacial score (nSPS) is 15.2. The molecule has 27 heavy (non-hydrogen) atoms. The van der Waals surface area contributed by atoms with Crippen molar-refractivity contribution in [2.75, 3.05) is 19.8 Å². The van der Waals surface area contributed by atoms with E-state index in [1.54, 1.807) is 26.5 Å². The van der Waals surface area contributed by atoms with Gasteiger partial charge in [0.1, 0.15) is 0 Å². The van der Waals surface area contributed by atoms with Crippen LogP contribution in [0.2, 0.25) is 0 Å². The Bertz CT molecular complexity index is 959. The maximum absolute atomic E-state index is 12.1. The average molecular weight is 364 g/mol. The lowest BCUT2D eigenvalue weighted by molar-refractivity contribution is 0.0779. The van der Waals surface area contributed by atoms with Crippen molar-refractivity contribution < 1.29 is 9.32 Å². The van der Waals surface area contributed by atoms with Crippen molar-refractivity contribution in [3.8, 4) is 11.1 Å². The number of nitrogens with two attached hydrogens (primary N) is 1. The molecule has 0 unspecified atom stereocenters. The SMILES string of the molecule is CN(C)C(=O)c1nc(C2(c3ccc(-c4cnc(N)nc4)cc3)CCC2)no1. The number of carbonyl (C=O) groups excluding carboxylic acids is 1. The Morgan fingerprint density at radius 2 is 1.78 bits per heavy atom. The molecule has 8 nitrogen and oxygen atoms in total. The summed E-state index contributed by atoms with van der Waals surface area (Å²) in [5.74, 6) is 0.560. The second-order valence-electron chi connectivity index (χ2n) is 6.97. The van der Waals surface area contributed by atoms with Gasteiger partial charge in [-0.3, -0.25) is 4.79 Å². The fourth-order valence-electron chi connectivity index (χ4n) is 3.34. The molecule has 3 aromatic rings. The van der Waals surface area contributed by atoms with E-state index in [0.29, 0.717) is 5.82 Å². The molecule has 138 valence electrons. The minimum absolute atomic E-state index is 0.0249. The number of hydrogen-bond acceptors (Lipinski definition) is 7. The average Bonchev–Trinajstić information content (AvgIpc) is 3.11. The van der Waals surface area contributed by atoms with Gasteiger partial charge >= 0.3 is 11.8 Å². The third kappa shape index (κ3) is 2.92. The summed E-state index contributed by atoms with van der Waals surface area (Å²) in [6.07, 6.45) is 6.33. The first kappa shape index (κ1) is 17.1. The van der Waals surface area contributed by atoms with Gasteiger partial charge in [-0.15, -0.1) is 0 Å². The first-order valence-electron chi connectivity index (χ1n) is 8.74. The van der Waals surface area contributed by atoms with Crippen LogP contribution in [-0.4, -0.2) is 45.0 Å². The van der Waals surface area contributed by atoms with Crippen molar-refractivity contribution >= 4 is 11.9 Å². The van der Waals surface area contributed by atoms with E-state index in [2.05, 4.69) is 32.2 Å². The molecule has 2 aromatic heterocycles. The van der Waals surface area contributed by atoms with Crippen molar-refractivity contribution in [1.29, 1.82) is 0 Å². The maximum Gasteiger partial charge on any atom is 0.316 e. The molecule has 0 atom stereocenters. The smallest absolute Gasteiger partial charge is 0.316 e. The Morgan fingerprint density at radius 3 is 2.33 bits per heavy atom. The molecule has 0 bridgehead atoms. The zero-order valence-corrected chi connectivity index (χ0v) is 15.2. The van der Waals surface area contributed by atoms with Gasteiger partial charge in [0.15, 0.2) is 5.82 Å². The van der Waals surface area contributed by atoms with Gasteiger partial charge in [-0.25, -0.2) is 9.97 Å². The zero-order chi connectivity index (χ0) is 19.0. The number of carbonyl (C=O) groups is 1. The number of nitrogens with zero attached hydrogens (tertiary/aromatic N) is 5. The molecular formula is C19H20N6O2. The molecule has 0 aliphatic heterocycles. The monoisotopic (exact) mass is 364 g/mol. The third-order valence-corrected chi connectivity index (χ3v) is 5.09. The molecule has 1 aliphatic carbocycles. The first-order valence-corrected chi connectivity index (χ1v) is 8.74. The number of amides is 1. The number of nitrogen functional groups attached to an aromatic ring is 1. The minimum Gasteiger partial charge on any atom is -0.368 e. The number of aromatic nitrogens is 4. The summed E-state index contributed by atoms with van der Waals surface area (Å²) in [5.41, 5.74) is 8.26. The molecule has 0 radical (unpaired) electrons. The summed E-state index contributed by atoms with van der Waals surface area (Å²) in [4.78, 5) is 25.9. The van der Waals surface area contributed by atoms with Crippen molar-refractivity contribution in [3.63, 3.8) is 0 Å². The molecule has 0 saturated heterocycles. The van der Waals surface area contributed by atoms with E-state index in [4.69, 9.17) is 10.3 Å². The Balaban J connectivity index is 1.64. The molecule has 1 saturated carbocycles. The van der Waals surface area contributed by atoms with E-state index in [-0.39, 0.29) is 23.2 Å². The maximum atomic E-state index is 12.1. The van der Waals surface area contributed by atoms with E-state index >= 15 is 0 Å². The highest BCUT2D eigenvalue weighted by Crippen LogP contribution is 2.48. The van der Waals surface area contributed by atoms with Crippen molar-refractivity contribution in [3.05, 3.63) is 53.9 Å². The van der Waals surface area contributed by atoms with Gasteiger partial charge in [0.25, 0.3) is 0 Å². The van der Waals surface area contributed by atoms with Crippen molar-refractivity contribution in [1.82, 2.24) is 25.0 Å². The van der Waals surface area contributed by atoms with E-state index in [1.807, 2.05) is 12.1 Å². The van der Waals surface area contributed by atoms with Crippen LogP contribution in [0.3, 0.4) is 0 Å². The zero-order valence-electron chi connectivity index (χ0n) is 15.2. The molecule has 1 aromatic carbocycles. The molecule has 1 amide bonds. The number of anilines is 1. The predicted molar refractivity (Wildman–Crippen MR) is 98.8 cm³/mol. The predicted octanol–water partition coefficient (Wildman–Crippen LogP) is 2.28. The van der Waals surface area contributed by atoms with Gasteiger partial charge in [-0.05, 0) is 24.0 Å². The molecule has 8 heteroatoms. The van der Waals surface area contributed by atoms with Crippen LogP contribution in [0.4, 0.5) is 5.95 Å². The molecule has 2 heterocycles. The molecule has 1 fully saturated rings. The summed E-state index contributed by atoms with van der Waals surface area (Å²) >= 11 is 0. The Kier molecular flexibility index (Phi) is 4.10. The highest BCUT2D eigenvalue weighted by molar-refractivity contribution is 5.89. The summed E-state index contributed by atoms with van der Waals surface area (Å²) in [7, 11) is 3.32. The Morgan fingerprint density at radius 1 is 1.11 bits per heavy atom. The van der Waals surface area contributed by atoms with E-state index in [1.165, 1.54) is 4.90 Å². The Hall–Kier alpha value is -3.29. The molecular weight excluding hydrogens is 344 g/mol. The second kappa shape index (κ2) is 6.46. The van der Waals surface area contributed by atoms with E-state index in [9.17, 15) is 4.79 Å². The van der Waals surface area contributed by atoms with E-state index < -0.39 is 0 Å². The van der Waals surface area contributed by atoms with Gasteiger partial charge < -0.3 is 15.2 Å². The number of rotatable bonds is 4. The van der Waals surface area contributed by atoms with Gasteiger partial charge in [0.05, 0.1) is 5.41 Å². The van der Waals surface area contributed by atoms with Crippen LogP contribution in [0, 0.1) is 0 Å². The van der Waals surface area contributed by atoms with Gasteiger partial charge in [-0.2, -0.15) is 4.98 Å². The van der Waals surface area contributed by atoms with Gasteiger partial charge in [0.2, 0.25) is 5.95 Å². The summed E-state index contributed by atoms with van der Waals surface area (Å²) in [5, 5.41) is 4.11. The first-order chi connectivity index (χ1) is 13.0. The highest BCUT2D eigenvalue weighted by atomic mass is 16.5. The molecule has 4 rings (SSSR count). The van der Waals surface area contributed by atoms with Crippen molar-refractivity contribution in [2.24, 2.45) is 0 Å². The molecule has 1 aliphatic rings. The lowest BCUT2D eigenvalue weighted by atomic mass is 9.64. The lowest BCUT2D eigenvalue weighted by Gasteiger charge is -2.39. The summed E-state index contributed by atoms with van der Waals surface area (Å²) < 4.78 is 5.21. The van der Waals surface area contributed by atoms with Gasteiger partial charge in [0, 0.05) is 32.1 Å². The van der Waals surface area contributed by atoms with Crippen LogP contribution in [0.1, 0.15) is 41.3 Å². The Labute approximate surface area is 156 Å². The molecule has 0 spiro atoms. The molecule has 2 N–H and O–H groups in total. The van der Waals surface area contributed by atoms with Crippen LogP contribution >= 0.6 is 0 Å². The summed E-state index contributed by atoms with van der Waals surface area (Å²) in [6, 6.07) is 8.18. The standard InChI is InChI=1S/C19H20N6O2/c1-25(2)16(26)15-23-17(24-27-15)19(8-3-9-19)14-6-4-12(5-7-14)13-10-21-18(20)22-11-13/h4-7,10-11H,3,8-9H2,1-2H3,(H2,20,21,22). The number of hydrogen-bond donors (Lipinski definition) is 1. The van der Waals surface area contributed by atoms with Crippen LogP contribution in [0.25, 0.3) is 11.1 Å². The van der Waals surface area contributed by atoms with Crippen LogP contribution in [0.5, 0.6) is 0 Å². The van der Waals surface area contributed by atoms with Crippen molar-refractivity contribution in [2.45, 2.75) is 24.7 Å². The quantitative estimate of drug-likeness (QED) is 0.756. The summed E-state index contributed by atoms with van der Waals surface area (Å²) in [6.45, 7) is 0. The highest BCUT2D eigenvalue weighted by Gasteiger charge is 2.44. The largest absolute Gasteiger partial charge is 0.368 e. The third-order valence-electron chi connectivity index (χ3n) is 5.09.